The molecule has 1 aromatic carbocycles. The number of pyridine rings is 2. The largest absolute Gasteiger partial charge is 0.497 e. The minimum atomic E-state index is -0.0236. The average molecular weight is 370 g/mol. The highest BCUT2D eigenvalue weighted by Crippen LogP contribution is 2.32. The summed E-state index contributed by atoms with van der Waals surface area (Å²) in [5.74, 6) is 0.739. The number of hydrogen-bond donors (Lipinski definition) is 2. The normalized spacial score (nSPS) is 10.7. The molecule has 3 heterocycles. The van der Waals surface area contributed by atoms with Crippen molar-refractivity contribution in [1.82, 2.24) is 19.5 Å². The number of nitrogen functional groups attached to an aromatic ring is 2. The molecule has 0 bridgehead atoms. The van der Waals surface area contributed by atoms with E-state index in [1.165, 1.54) is 0 Å². The van der Waals surface area contributed by atoms with Crippen molar-refractivity contribution in [1.29, 1.82) is 10.5 Å². The Morgan fingerprint density at radius 2 is 1.79 bits per heavy atom. The van der Waals surface area contributed by atoms with E-state index < -0.39 is 0 Å². The molecule has 9 heteroatoms. The Morgan fingerprint density at radius 3 is 2.43 bits per heavy atom. The molecule has 0 aliphatic rings. The van der Waals surface area contributed by atoms with Crippen LogP contribution in [0.1, 0.15) is 16.7 Å². The molecule has 0 unspecified atom stereocenters. The molecule has 0 spiro atoms. The molecule has 4 rings (SSSR count). The maximum atomic E-state index is 9.71. The molecule has 9 nitrogen and oxygen atoms in total. The Hall–Kier alpha value is -4.37. The lowest BCUT2D eigenvalue weighted by Gasteiger charge is -2.09. The smallest absolute Gasteiger partial charge is 0.167 e. The maximum Gasteiger partial charge on any atom is 0.167 e. The Bertz CT molecular complexity index is 1310. The van der Waals surface area contributed by atoms with E-state index in [1.807, 2.05) is 34.9 Å². The van der Waals surface area contributed by atoms with Gasteiger partial charge in [0.2, 0.25) is 0 Å². The van der Waals surface area contributed by atoms with Gasteiger partial charge in [-0.25, -0.2) is 15.0 Å². The summed E-state index contributed by atoms with van der Waals surface area (Å²) in [7, 11) is 1.61. The summed E-state index contributed by atoms with van der Waals surface area (Å²) >= 11 is 0. The number of aromatic nitrogens is 4. The first-order chi connectivity index (χ1) is 13.6. The van der Waals surface area contributed by atoms with Crippen LogP contribution in [-0.4, -0.2) is 26.6 Å². The molecule has 4 aromatic rings. The molecule has 28 heavy (non-hydrogen) atoms. The highest BCUT2D eigenvalue weighted by Gasteiger charge is 2.20. The molecular weight excluding hydrogens is 356 g/mol. The molecule has 0 amide bonds. The van der Waals surface area contributed by atoms with E-state index in [4.69, 9.17) is 16.2 Å². The Balaban J connectivity index is 1.93. The highest BCUT2D eigenvalue weighted by molar-refractivity contribution is 6.04. The first kappa shape index (κ1) is 17.1. The number of ether oxygens (including phenoxy) is 1. The average Bonchev–Trinajstić information content (AvgIpc) is 3.09. The standard InChI is InChI=1S/C19H14N8O/c1-28-11-4-2-10(3-5-11)8-27-9-24-16-12(6-20)14-15(22)13(7-21)17(23)25-18(14)26-19(16)27/h2-5,9H,8H2,1H3,(H4,22,23,25,26). The van der Waals surface area contributed by atoms with E-state index in [0.717, 1.165) is 11.3 Å². The second-order valence-corrected chi connectivity index (χ2v) is 6.09. The van der Waals surface area contributed by atoms with Gasteiger partial charge in [0.15, 0.2) is 11.3 Å². The molecule has 4 N–H and O–H groups in total. The topological polar surface area (TPSA) is 152 Å². The van der Waals surface area contributed by atoms with Crippen molar-refractivity contribution >= 4 is 33.7 Å². The zero-order valence-corrected chi connectivity index (χ0v) is 14.8. The summed E-state index contributed by atoms with van der Waals surface area (Å²) in [6.07, 6.45) is 1.60. The third-order valence-corrected chi connectivity index (χ3v) is 4.49. The third kappa shape index (κ3) is 2.50. The van der Waals surface area contributed by atoms with Crippen molar-refractivity contribution in [2.45, 2.75) is 6.54 Å². The predicted molar refractivity (Wildman–Crippen MR) is 103 cm³/mol. The van der Waals surface area contributed by atoms with Crippen molar-refractivity contribution in [2.75, 3.05) is 18.6 Å². The lowest BCUT2D eigenvalue weighted by molar-refractivity contribution is 0.414. The van der Waals surface area contributed by atoms with Crippen LogP contribution >= 0.6 is 0 Å². The van der Waals surface area contributed by atoms with Gasteiger partial charge in [-0.3, -0.25) is 0 Å². The van der Waals surface area contributed by atoms with Gasteiger partial charge in [-0.2, -0.15) is 10.5 Å². The zero-order valence-electron chi connectivity index (χ0n) is 14.8. The van der Waals surface area contributed by atoms with Crippen LogP contribution in [0.2, 0.25) is 0 Å². The van der Waals surface area contributed by atoms with Crippen LogP contribution in [-0.2, 0) is 6.54 Å². The fourth-order valence-corrected chi connectivity index (χ4v) is 3.09. The Morgan fingerprint density at radius 1 is 1.07 bits per heavy atom. The number of benzene rings is 1. The molecule has 0 radical (unpaired) electrons. The van der Waals surface area contributed by atoms with E-state index in [2.05, 4.69) is 21.0 Å². The molecule has 136 valence electrons. The van der Waals surface area contributed by atoms with Crippen LogP contribution < -0.4 is 16.2 Å². The van der Waals surface area contributed by atoms with Crippen molar-refractivity contribution in [2.24, 2.45) is 0 Å². The minimum Gasteiger partial charge on any atom is -0.497 e. The maximum absolute atomic E-state index is 9.71. The number of fused-ring (bicyclic) bond motifs is 2. The second-order valence-electron chi connectivity index (χ2n) is 6.09. The first-order valence-electron chi connectivity index (χ1n) is 8.24. The third-order valence-electron chi connectivity index (χ3n) is 4.49. The number of methoxy groups -OCH3 is 1. The fourth-order valence-electron chi connectivity index (χ4n) is 3.09. The monoisotopic (exact) mass is 370 g/mol. The summed E-state index contributed by atoms with van der Waals surface area (Å²) < 4.78 is 6.98. The quantitative estimate of drug-likeness (QED) is 0.555. The molecular formula is C19H14N8O. The van der Waals surface area contributed by atoms with E-state index in [0.29, 0.717) is 17.7 Å². The molecule has 0 saturated heterocycles. The lowest BCUT2D eigenvalue weighted by atomic mass is 10.1. The van der Waals surface area contributed by atoms with E-state index in [-0.39, 0.29) is 33.7 Å². The van der Waals surface area contributed by atoms with Gasteiger partial charge in [-0.05, 0) is 17.7 Å². The molecule has 0 aliphatic heterocycles. The summed E-state index contributed by atoms with van der Waals surface area (Å²) in [4.78, 5) is 13.0. The number of hydrogen-bond acceptors (Lipinski definition) is 8. The number of anilines is 2. The molecule has 0 saturated carbocycles. The minimum absolute atomic E-state index is 0.0236. The van der Waals surface area contributed by atoms with Gasteiger partial charge in [0.1, 0.15) is 34.8 Å². The van der Waals surface area contributed by atoms with Crippen LogP contribution in [0.5, 0.6) is 5.75 Å². The van der Waals surface area contributed by atoms with Gasteiger partial charge >= 0.3 is 0 Å². The van der Waals surface area contributed by atoms with Gasteiger partial charge in [0.25, 0.3) is 0 Å². The molecule has 0 atom stereocenters. The zero-order chi connectivity index (χ0) is 19.8. The van der Waals surface area contributed by atoms with Gasteiger partial charge in [-0.1, -0.05) is 12.1 Å². The second kappa shape index (κ2) is 6.41. The van der Waals surface area contributed by atoms with Crippen LogP contribution in [0.4, 0.5) is 11.5 Å². The van der Waals surface area contributed by atoms with E-state index in [9.17, 15) is 10.5 Å². The van der Waals surface area contributed by atoms with Crippen LogP contribution in [0.15, 0.2) is 30.6 Å². The Kier molecular flexibility index (Phi) is 3.91. The molecule has 3 aromatic heterocycles. The first-order valence-corrected chi connectivity index (χ1v) is 8.24. The number of nitrogens with two attached hydrogens (primary N) is 2. The number of nitrogens with zero attached hydrogens (tertiary/aromatic N) is 6. The summed E-state index contributed by atoms with van der Waals surface area (Å²) in [6.45, 7) is 0.491. The van der Waals surface area contributed by atoms with E-state index in [1.54, 1.807) is 13.4 Å². The number of rotatable bonds is 3. The lowest BCUT2D eigenvalue weighted by Crippen LogP contribution is -2.05. The summed E-state index contributed by atoms with van der Waals surface area (Å²) in [6, 6.07) is 11.6. The van der Waals surface area contributed by atoms with Gasteiger partial charge in [-0.15, -0.1) is 0 Å². The van der Waals surface area contributed by atoms with Crippen LogP contribution in [0.25, 0.3) is 22.2 Å². The highest BCUT2D eigenvalue weighted by atomic mass is 16.5. The van der Waals surface area contributed by atoms with Gasteiger partial charge in [0.05, 0.1) is 36.6 Å². The number of imidazole rings is 1. The fraction of sp³-hybridized carbons (Fsp3) is 0.105. The van der Waals surface area contributed by atoms with Gasteiger partial charge in [0, 0.05) is 0 Å². The van der Waals surface area contributed by atoms with Gasteiger partial charge < -0.3 is 20.8 Å². The van der Waals surface area contributed by atoms with Crippen molar-refractivity contribution < 1.29 is 4.74 Å². The molecule has 0 fully saturated rings. The summed E-state index contributed by atoms with van der Waals surface area (Å²) in [5, 5.41) is 19.3. The van der Waals surface area contributed by atoms with Crippen molar-refractivity contribution in [3.63, 3.8) is 0 Å². The van der Waals surface area contributed by atoms with E-state index >= 15 is 0 Å². The SMILES string of the molecule is COc1ccc(Cn2cnc3c(C#N)c4c(N)c(C#N)c(N)nc4nc32)cc1. The Labute approximate surface area is 159 Å². The van der Waals surface area contributed by atoms with Crippen LogP contribution in [0.3, 0.4) is 0 Å². The van der Waals surface area contributed by atoms with Crippen LogP contribution in [0, 0.1) is 22.7 Å². The summed E-state index contributed by atoms with van der Waals surface area (Å²) in [5.41, 5.74) is 14.3. The van der Waals surface area contributed by atoms with Crippen molar-refractivity contribution in [3.05, 3.63) is 47.3 Å². The molecule has 0 aliphatic carbocycles. The van der Waals surface area contributed by atoms with Crippen molar-refractivity contribution in [3.8, 4) is 17.9 Å². The predicted octanol–water partition coefficient (Wildman–Crippen LogP) is 1.94. The number of nitriles is 2.